The van der Waals surface area contributed by atoms with Crippen molar-refractivity contribution in [2.75, 3.05) is 13.3 Å². The minimum atomic E-state index is -0.614. The Kier molecular flexibility index (Phi) is 4.46. The molecule has 8 heteroatoms. The van der Waals surface area contributed by atoms with Gasteiger partial charge in [-0.1, -0.05) is 11.6 Å². The zero-order valence-corrected chi connectivity index (χ0v) is 14.5. The molecule has 1 fully saturated rings. The van der Waals surface area contributed by atoms with E-state index in [1.54, 1.807) is 24.3 Å². The second-order valence-corrected chi connectivity index (χ2v) is 6.46. The van der Waals surface area contributed by atoms with Gasteiger partial charge in [-0.05, 0) is 42.7 Å². The number of esters is 1. The van der Waals surface area contributed by atoms with Gasteiger partial charge >= 0.3 is 5.97 Å². The maximum absolute atomic E-state index is 12.5. The molecule has 136 valence electrons. The molecule has 0 N–H and O–H groups in total. The van der Waals surface area contributed by atoms with Crippen LogP contribution >= 0.6 is 11.6 Å². The van der Waals surface area contributed by atoms with E-state index in [9.17, 15) is 9.59 Å². The van der Waals surface area contributed by atoms with Gasteiger partial charge in [0, 0.05) is 6.54 Å². The molecular weight excluding hydrogens is 362 g/mol. The molecule has 0 spiro atoms. The number of amides is 1. The number of furan rings is 1. The molecule has 4 rings (SSSR count). The minimum Gasteiger partial charge on any atom is -0.459 e. The fourth-order valence-electron chi connectivity index (χ4n) is 3.15. The van der Waals surface area contributed by atoms with Crippen LogP contribution in [0.1, 0.15) is 29.0 Å². The lowest BCUT2D eigenvalue weighted by atomic mass is 10.2. The van der Waals surface area contributed by atoms with Crippen molar-refractivity contribution in [3.8, 4) is 11.5 Å². The van der Waals surface area contributed by atoms with Crippen LogP contribution in [0.2, 0.25) is 5.02 Å². The lowest BCUT2D eigenvalue weighted by molar-refractivity contribution is -0.149. The first-order chi connectivity index (χ1) is 12.6. The number of carbonyl (C=O) groups excluding carboxylic acids is 2. The highest BCUT2D eigenvalue weighted by molar-refractivity contribution is 6.32. The van der Waals surface area contributed by atoms with Gasteiger partial charge < -0.3 is 23.5 Å². The molecule has 26 heavy (non-hydrogen) atoms. The molecular formula is C18H16ClNO6. The summed E-state index contributed by atoms with van der Waals surface area (Å²) in [6, 6.07) is 6.00. The van der Waals surface area contributed by atoms with Gasteiger partial charge in [-0.3, -0.25) is 4.79 Å². The highest BCUT2D eigenvalue weighted by Crippen LogP contribution is 2.40. The maximum atomic E-state index is 12.5. The van der Waals surface area contributed by atoms with E-state index >= 15 is 0 Å². The molecule has 2 aliphatic heterocycles. The zero-order valence-electron chi connectivity index (χ0n) is 13.8. The fourth-order valence-corrected chi connectivity index (χ4v) is 3.44. The van der Waals surface area contributed by atoms with E-state index in [2.05, 4.69) is 0 Å². The van der Waals surface area contributed by atoms with Crippen LogP contribution in [0.5, 0.6) is 11.5 Å². The Labute approximate surface area is 154 Å². The Morgan fingerprint density at radius 1 is 1.31 bits per heavy atom. The molecule has 0 radical (unpaired) electrons. The van der Waals surface area contributed by atoms with E-state index in [1.165, 1.54) is 11.2 Å². The number of nitrogens with zero attached hydrogens (tertiary/aromatic N) is 1. The molecule has 0 saturated carbocycles. The summed E-state index contributed by atoms with van der Waals surface area (Å²) in [6.07, 6.45) is 2.73. The summed E-state index contributed by atoms with van der Waals surface area (Å²) in [7, 11) is 0. The standard InChI is InChI=1S/C18H16ClNO6/c19-12-7-11(8-15-16(12)26-10-25-15)9-24-18(22)13-3-1-5-20(13)17(21)14-4-2-6-23-14/h2,4,6-8,13H,1,3,5,9-10H2/t13-/m0/s1. The van der Waals surface area contributed by atoms with Gasteiger partial charge in [0.2, 0.25) is 6.79 Å². The van der Waals surface area contributed by atoms with Gasteiger partial charge in [0.05, 0.1) is 11.3 Å². The van der Waals surface area contributed by atoms with Crippen LogP contribution in [0.15, 0.2) is 34.9 Å². The van der Waals surface area contributed by atoms with Crippen LogP contribution in [0.3, 0.4) is 0 Å². The van der Waals surface area contributed by atoms with Gasteiger partial charge in [-0.15, -0.1) is 0 Å². The lowest BCUT2D eigenvalue weighted by Crippen LogP contribution is -2.41. The van der Waals surface area contributed by atoms with E-state index < -0.39 is 12.0 Å². The minimum absolute atomic E-state index is 0.0362. The highest BCUT2D eigenvalue weighted by atomic mass is 35.5. The smallest absolute Gasteiger partial charge is 0.329 e. The van der Waals surface area contributed by atoms with Crippen LogP contribution in [-0.4, -0.2) is 36.2 Å². The first kappa shape index (κ1) is 16.8. The third-order valence-electron chi connectivity index (χ3n) is 4.39. The van der Waals surface area contributed by atoms with E-state index in [4.69, 9.17) is 30.2 Å². The Hall–Kier alpha value is -2.67. The summed E-state index contributed by atoms with van der Waals surface area (Å²) in [5, 5.41) is 0.404. The van der Waals surface area contributed by atoms with E-state index in [1.807, 2.05) is 0 Å². The average molecular weight is 378 g/mol. The predicted octanol–water partition coefficient (Wildman–Crippen LogP) is 3.01. The number of fused-ring (bicyclic) bond motifs is 1. The first-order valence-corrected chi connectivity index (χ1v) is 8.60. The van der Waals surface area contributed by atoms with Crippen LogP contribution in [0, 0.1) is 0 Å². The van der Waals surface area contributed by atoms with E-state index in [0.29, 0.717) is 35.1 Å². The monoisotopic (exact) mass is 377 g/mol. The summed E-state index contributed by atoms with van der Waals surface area (Å²) in [4.78, 5) is 26.4. The SMILES string of the molecule is O=C(OCc1cc(Cl)c2c(c1)OCO2)[C@@H]1CCCN1C(=O)c1ccco1. The van der Waals surface area contributed by atoms with Crippen molar-refractivity contribution in [3.05, 3.63) is 46.9 Å². The number of hydrogen-bond acceptors (Lipinski definition) is 6. The van der Waals surface area contributed by atoms with Gasteiger partial charge in [-0.2, -0.15) is 0 Å². The summed E-state index contributed by atoms with van der Waals surface area (Å²) in [5.41, 5.74) is 0.689. The number of rotatable bonds is 4. The number of halogens is 1. The summed E-state index contributed by atoms with van der Waals surface area (Å²) in [6.45, 7) is 0.647. The molecule has 0 unspecified atom stereocenters. The average Bonchev–Trinajstić information content (AvgIpc) is 3.39. The predicted molar refractivity (Wildman–Crippen MR) is 90.1 cm³/mol. The molecule has 1 saturated heterocycles. The number of benzene rings is 1. The third kappa shape index (κ3) is 3.10. The number of carbonyl (C=O) groups is 2. The molecule has 2 aromatic rings. The van der Waals surface area contributed by atoms with E-state index in [0.717, 1.165) is 6.42 Å². The van der Waals surface area contributed by atoms with Crippen molar-refractivity contribution < 1.29 is 28.2 Å². The second kappa shape index (κ2) is 6.92. The van der Waals surface area contributed by atoms with Crippen molar-refractivity contribution in [2.45, 2.75) is 25.5 Å². The van der Waals surface area contributed by atoms with Crippen molar-refractivity contribution in [1.29, 1.82) is 0 Å². The fraction of sp³-hybridized carbons (Fsp3) is 0.333. The van der Waals surface area contributed by atoms with Crippen LogP contribution in [0.4, 0.5) is 0 Å². The van der Waals surface area contributed by atoms with E-state index in [-0.39, 0.29) is 25.1 Å². The lowest BCUT2D eigenvalue weighted by Gasteiger charge is -2.22. The van der Waals surface area contributed by atoms with Gasteiger partial charge in [0.1, 0.15) is 12.6 Å². The molecule has 2 aliphatic rings. The molecule has 1 aromatic carbocycles. The molecule has 0 bridgehead atoms. The molecule has 1 amide bonds. The van der Waals surface area contributed by atoms with Crippen LogP contribution in [0.25, 0.3) is 0 Å². The quantitative estimate of drug-likeness (QED) is 0.762. The second-order valence-electron chi connectivity index (χ2n) is 6.05. The molecule has 1 aromatic heterocycles. The topological polar surface area (TPSA) is 78.2 Å². The van der Waals surface area contributed by atoms with Crippen LogP contribution < -0.4 is 9.47 Å². The van der Waals surface area contributed by atoms with Gasteiger partial charge in [-0.25, -0.2) is 4.79 Å². The highest BCUT2D eigenvalue weighted by Gasteiger charge is 2.36. The number of hydrogen-bond donors (Lipinski definition) is 0. The largest absolute Gasteiger partial charge is 0.459 e. The summed E-state index contributed by atoms with van der Waals surface area (Å²) < 4.78 is 21.1. The normalized spacial score (nSPS) is 18.2. The van der Waals surface area contributed by atoms with Crippen molar-refractivity contribution in [2.24, 2.45) is 0 Å². The summed E-state index contributed by atoms with van der Waals surface area (Å²) in [5.74, 6) is 0.482. The maximum Gasteiger partial charge on any atom is 0.329 e. The van der Waals surface area contributed by atoms with Crippen molar-refractivity contribution in [1.82, 2.24) is 4.90 Å². The summed E-state index contributed by atoms with van der Waals surface area (Å²) >= 11 is 6.13. The van der Waals surface area contributed by atoms with Crippen LogP contribution in [-0.2, 0) is 16.1 Å². The molecule has 3 heterocycles. The van der Waals surface area contributed by atoms with Gasteiger partial charge in [0.15, 0.2) is 17.3 Å². The van der Waals surface area contributed by atoms with Gasteiger partial charge in [0.25, 0.3) is 5.91 Å². The number of ether oxygens (including phenoxy) is 3. The Bertz CT molecular complexity index is 834. The third-order valence-corrected chi connectivity index (χ3v) is 4.67. The molecule has 1 atom stereocenters. The first-order valence-electron chi connectivity index (χ1n) is 8.22. The zero-order chi connectivity index (χ0) is 18.1. The Balaban J connectivity index is 1.41. The number of likely N-dealkylation sites (tertiary alicyclic amines) is 1. The van der Waals surface area contributed by atoms with Crippen molar-refractivity contribution in [3.63, 3.8) is 0 Å². The molecule has 0 aliphatic carbocycles. The van der Waals surface area contributed by atoms with Crippen molar-refractivity contribution >= 4 is 23.5 Å². The molecule has 7 nitrogen and oxygen atoms in total. The Morgan fingerprint density at radius 3 is 3.00 bits per heavy atom. The Morgan fingerprint density at radius 2 is 2.19 bits per heavy atom.